The highest BCUT2D eigenvalue weighted by atomic mass is 32.2. The van der Waals surface area contributed by atoms with Gasteiger partial charge >= 0.3 is 0 Å². The first-order valence-electron chi connectivity index (χ1n) is 10.0. The van der Waals surface area contributed by atoms with Crippen molar-refractivity contribution in [1.29, 1.82) is 0 Å². The Bertz CT molecular complexity index is 963. The number of nitrogens with zero attached hydrogens (tertiary/aromatic N) is 4. The van der Waals surface area contributed by atoms with Crippen LogP contribution in [0.1, 0.15) is 53.3 Å². The first-order valence-corrected chi connectivity index (χ1v) is 11.2. The Morgan fingerprint density at radius 2 is 2.07 bits per heavy atom. The maximum absolute atomic E-state index is 13.6. The molecule has 2 aromatic heterocycles. The molecule has 7 nitrogen and oxygen atoms in total. The molecule has 2 aromatic rings. The number of hydrogen-bond donors (Lipinski definition) is 1. The number of carbonyl (C=O) groups is 2. The number of aryl methyl sites for hydroxylation is 2. The van der Waals surface area contributed by atoms with Crippen molar-refractivity contribution < 1.29 is 9.59 Å². The molecule has 2 amide bonds. The van der Waals surface area contributed by atoms with Crippen molar-refractivity contribution >= 4 is 34.6 Å². The molecule has 1 unspecified atom stereocenters. The number of pyridine rings is 1. The predicted molar refractivity (Wildman–Crippen MR) is 108 cm³/mol. The third kappa shape index (κ3) is 3.17. The van der Waals surface area contributed by atoms with Gasteiger partial charge in [-0.05, 0) is 44.6 Å². The van der Waals surface area contributed by atoms with Gasteiger partial charge in [0.15, 0.2) is 5.65 Å². The van der Waals surface area contributed by atoms with Crippen LogP contribution in [0.5, 0.6) is 0 Å². The zero-order valence-electron chi connectivity index (χ0n) is 16.3. The maximum Gasteiger partial charge on any atom is 0.256 e. The van der Waals surface area contributed by atoms with Gasteiger partial charge in [0.25, 0.3) is 5.91 Å². The van der Waals surface area contributed by atoms with E-state index in [0.29, 0.717) is 29.0 Å². The highest BCUT2D eigenvalue weighted by Gasteiger charge is 2.37. The number of thioether (sulfide) groups is 1. The van der Waals surface area contributed by atoms with Crippen LogP contribution in [-0.2, 0) is 11.8 Å². The maximum atomic E-state index is 13.6. The lowest BCUT2D eigenvalue weighted by Crippen LogP contribution is -2.47. The fourth-order valence-corrected chi connectivity index (χ4v) is 5.07. The Hall–Kier alpha value is -2.09. The van der Waals surface area contributed by atoms with E-state index in [1.165, 1.54) is 12.8 Å². The normalized spacial score (nSPS) is 22.1. The van der Waals surface area contributed by atoms with Crippen LogP contribution in [0, 0.1) is 12.8 Å². The van der Waals surface area contributed by atoms with E-state index >= 15 is 0 Å². The van der Waals surface area contributed by atoms with Crippen molar-refractivity contribution in [2.45, 2.75) is 44.6 Å². The minimum atomic E-state index is -0.402. The van der Waals surface area contributed by atoms with Crippen LogP contribution in [0.4, 0.5) is 0 Å². The molecule has 0 spiro atoms. The molecule has 1 aliphatic heterocycles. The van der Waals surface area contributed by atoms with Crippen LogP contribution in [0.15, 0.2) is 6.07 Å². The van der Waals surface area contributed by atoms with Gasteiger partial charge in [0.05, 0.1) is 22.5 Å². The molecule has 0 radical (unpaired) electrons. The number of carbonyl (C=O) groups excluding carboxylic acids is 2. The number of aromatic nitrogens is 3. The van der Waals surface area contributed by atoms with Crippen LogP contribution >= 0.6 is 11.8 Å². The summed E-state index contributed by atoms with van der Waals surface area (Å²) in [5.41, 5.74) is 3.17. The molecule has 2 saturated carbocycles. The highest BCUT2D eigenvalue weighted by Crippen LogP contribution is 2.41. The topological polar surface area (TPSA) is 80.1 Å². The van der Waals surface area contributed by atoms with Crippen molar-refractivity contribution in [2.24, 2.45) is 13.0 Å². The first kappa shape index (κ1) is 18.0. The zero-order valence-corrected chi connectivity index (χ0v) is 17.1. The summed E-state index contributed by atoms with van der Waals surface area (Å²) in [6.07, 6.45) is 4.63. The van der Waals surface area contributed by atoms with Crippen LogP contribution in [-0.4, -0.2) is 55.7 Å². The lowest BCUT2D eigenvalue weighted by molar-refractivity contribution is -0.124. The zero-order chi connectivity index (χ0) is 19.4. The first-order chi connectivity index (χ1) is 13.5. The average Bonchev–Trinajstić information content (AvgIpc) is 3.61. The fourth-order valence-electron chi connectivity index (χ4n) is 3.92. The van der Waals surface area contributed by atoms with Crippen LogP contribution in [0.2, 0.25) is 0 Å². The standard InChI is InChI=1S/C20H25N5O2S/c1-11-17-14(7-15(13-5-6-13)22-18(17)24(2)23-11)20(27)25-10-28-9-16(25)19(26)21-8-12-3-4-12/h7,12-13,16H,3-6,8-10H2,1-2H3,(H,21,26). The third-order valence-electron chi connectivity index (χ3n) is 5.92. The van der Waals surface area contributed by atoms with E-state index in [0.717, 1.165) is 41.8 Å². The number of nitrogens with one attached hydrogen (secondary N) is 1. The SMILES string of the molecule is Cc1nn(C)c2nc(C3CC3)cc(C(=O)N3CSCC3C(=O)NCC3CC3)c12. The Morgan fingerprint density at radius 3 is 2.79 bits per heavy atom. The minimum Gasteiger partial charge on any atom is -0.354 e. The van der Waals surface area contributed by atoms with E-state index < -0.39 is 6.04 Å². The molecule has 3 aliphatic rings. The molecule has 0 bridgehead atoms. The molecule has 8 heteroatoms. The van der Waals surface area contributed by atoms with E-state index in [2.05, 4.69) is 10.4 Å². The fraction of sp³-hybridized carbons (Fsp3) is 0.600. The van der Waals surface area contributed by atoms with Crippen LogP contribution in [0.3, 0.4) is 0 Å². The number of rotatable bonds is 5. The second-order valence-corrected chi connectivity index (χ2v) is 9.26. The molecule has 1 saturated heterocycles. The van der Waals surface area contributed by atoms with Crippen molar-refractivity contribution in [3.8, 4) is 0 Å². The number of fused-ring (bicyclic) bond motifs is 1. The minimum absolute atomic E-state index is 0.0270. The Kier molecular flexibility index (Phi) is 4.34. The predicted octanol–water partition coefficient (Wildman–Crippen LogP) is 2.20. The van der Waals surface area contributed by atoms with Gasteiger partial charge in [0.1, 0.15) is 6.04 Å². The van der Waals surface area contributed by atoms with Crippen LogP contribution < -0.4 is 5.32 Å². The lowest BCUT2D eigenvalue weighted by atomic mass is 10.1. The summed E-state index contributed by atoms with van der Waals surface area (Å²) >= 11 is 1.64. The lowest BCUT2D eigenvalue weighted by Gasteiger charge is -2.23. The number of hydrogen-bond acceptors (Lipinski definition) is 5. The van der Waals surface area contributed by atoms with Crippen molar-refractivity contribution in [3.05, 3.63) is 23.0 Å². The van der Waals surface area contributed by atoms with Crippen LogP contribution in [0.25, 0.3) is 11.0 Å². The molecule has 1 N–H and O–H groups in total. The van der Waals surface area contributed by atoms with Gasteiger partial charge < -0.3 is 10.2 Å². The van der Waals surface area contributed by atoms with Gasteiger partial charge in [-0.15, -0.1) is 11.8 Å². The van der Waals surface area contributed by atoms with E-state index in [9.17, 15) is 9.59 Å². The number of amides is 2. The van der Waals surface area contributed by atoms with Gasteiger partial charge in [-0.1, -0.05) is 0 Å². The molecular weight excluding hydrogens is 374 g/mol. The summed E-state index contributed by atoms with van der Waals surface area (Å²) in [7, 11) is 1.87. The summed E-state index contributed by atoms with van der Waals surface area (Å²) in [5.74, 6) is 2.15. The van der Waals surface area contributed by atoms with Crippen molar-refractivity contribution in [3.63, 3.8) is 0 Å². The smallest absolute Gasteiger partial charge is 0.256 e. The molecule has 148 valence electrons. The average molecular weight is 400 g/mol. The van der Waals surface area contributed by atoms with E-state index in [4.69, 9.17) is 4.98 Å². The molecule has 28 heavy (non-hydrogen) atoms. The second-order valence-electron chi connectivity index (χ2n) is 8.26. The molecule has 0 aromatic carbocycles. The molecule has 3 heterocycles. The third-order valence-corrected chi connectivity index (χ3v) is 6.93. The second kappa shape index (κ2) is 6.76. The summed E-state index contributed by atoms with van der Waals surface area (Å²) in [4.78, 5) is 32.8. The monoisotopic (exact) mass is 399 g/mol. The van der Waals surface area contributed by atoms with Crippen molar-refractivity contribution in [2.75, 3.05) is 18.2 Å². The summed E-state index contributed by atoms with van der Waals surface area (Å²) in [6, 6.07) is 1.54. The molecule has 5 rings (SSSR count). The quantitative estimate of drug-likeness (QED) is 0.834. The summed E-state index contributed by atoms with van der Waals surface area (Å²) < 4.78 is 1.76. The van der Waals surface area contributed by atoms with E-state index in [-0.39, 0.29) is 11.8 Å². The Balaban J connectivity index is 1.48. The van der Waals surface area contributed by atoms with Gasteiger partial charge in [-0.2, -0.15) is 5.10 Å². The van der Waals surface area contributed by atoms with Gasteiger partial charge in [0, 0.05) is 31.0 Å². The molecule has 3 fully saturated rings. The highest BCUT2D eigenvalue weighted by molar-refractivity contribution is 7.99. The molecular formula is C20H25N5O2S. The molecule has 2 aliphatic carbocycles. The largest absolute Gasteiger partial charge is 0.354 e. The van der Waals surface area contributed by atoms with E-state index in [1.807, 2.05) is 20.0 Å². The summed E-state index contributed by atoms with van der Waals surface area (Å²) in [5, 5.41) is 8.34. The molecule has 1 atom stereocenters. The van der Waals surface area contributed by atoms with Gasteiger partial charge in [-0.3, -0.25) is 14.3 Å². The van der Waals surface area contributed by atoms with Gasteiger partial charge in [0.2, 0.25) is 5.91 Å². The Morgan fingerprint density at radius 1 is 1.29 bits per heavy atom. The van der Waals surface area contributed by atoms with Crippen molar-refractivity contribution in [1.82, 2.24) is 25.0 Å². The summed E-state index contributed by atoms with van der Waals surface area (Å²) in [6.45, 7) is 2.64. The van der Waals surface area contributed by atoms with E-state index in [1.54, 1.807) is 21.3 Å². The van der Waals surface area contributed by atoms with Gasteiger partial charge in [-0.25, -0.2) is 4.98 Å². The Labute approximate surface area is 168 Å².